The van der Waals surface area contributed by atoms with Gasteiger partial charge >= 0.3 is 6.03 Å². The Balaban J connectivity index is 1.44. The van der Waals surface area contributed by atoms with Crippen LogP contribution in [0.3, 0.4) is 0 Å². The standard InChI is InChI=1S/C24H28N4O5/c1-24(16-6-11-19(32-2)20(14-16)33-3)22(30)28(23(31)26-24)15-21(29)25-17-7-9-18(10-8-17)27-12-4-5-13-27/h6-11,14H,4-5,12-13,15H2,1-3H3,(H,25,29)(H,26,31). The minimum absolute atomic E-state index is 0.387. The van der Waals surface area contributed by atoms with Gasteiger partial charge in [-0.3, -0.25) is 14.5 Å². The summed E-state index contributed by atoms with van der Waals surface area (Å²) in [6.07, 6.45) is 2.37. The summed E-state index contributed by atoms with van der Waals surface area (Å²) in [5.74, 6) is -0.0244. The Bertz CT molecular complexity index is 1070. The number of benzene rings is 2. The summed E-state index contributed by atoms with van der Waals surface area (Å²) in [6, 6.07) is 11.9. The van der Waals surface area contributed by atoms with Crippen LogP contribution in [0.5, 0.6) is 11.5 Å². The van der Waals surface area contributed by atoms with E-state index in [2.05, 4.69) is 15.5 Å². The molecule has 2 N–H and O–H groups in total. The highest BCUT2D eigenvalue weighted by Crippen LogP contribution is 2.35. The number of carbonyl (C=O) groups excluding carboxylic acids is 3. The molecule has 4 amide bonds. The molecule has 1 atom stereocenters. The molecule has 9 nitrogen and oxygen atoms in total. The van der Waals surface area contributed by atoms with Crippen LogP contribution in [-0.4, -0.2) is 56.6 Å². The summed E-state index contributed by atoms with van der Waals surface area (Å²) in [5, 5.41) is 5.46. The van der Waals surface area contributed by atoms with Gasteiger partial charge in [0, 0.05) is 24.5 Å². The summed E-state index contributed by atoms with van der Waals surface area (Å²) in [4.78, 5) is 41.6. The van der Waals surface area contributed by atoms with Crippen molar-refractivity contribution < 1.29 is 23.9 Å². The first-order valence-electron chi connectivity index (χ1n) is 10.9. The van der Waals surface area contributed by atoms with E-state index in [0.29, 0.717) is 22.7 Å². The number of methoxy groups -OCH3 is 2. The van der Waals surface area contributed by atoms with Crippen molar-refractivity contribution >= 4 is 29.2 Å². The number of nitrogens with zero attached hydrogens (tertiary/aromatic N) is 2. The van der Waals surface area contributed by atoms with E-state index in [1.54, 1.807) is 25.1 Å². The van der Waals surface area contributed by atoms with Crippen LogP contribution in [0.4, 0.5) is 16.2 Å². The van der Waals surface area contributed by atoms with E-state index < -0.39 is 23.4 Å². The molecular formula is C24H28N4O5. The van der Waals surface area contributed by atoms with E-state index in [4.69, 9.17) is 9.47 Å². The van der Waals surface area contributed by atoms with Gasteiger partial charge in [0.05, 0.1) is 14.2 Å². The number of urea groups is 1. The Morgan fingerprint density at radius 3 is 2.33 bits per heavy atom. The zero-order valence-corrected chi connectivity index (χ0v) is 19.0. The number of anilines is 2. The first-order valence-corrected chi connectivity index (χ1v) is 10.9. The van der Waals surface area contributed by atoms with Gasteiger partial charge in [0.2, 0.25) is 5.91 Å². The van der Waals surface area contributed by atoms with Crippen molar-refractivity contribution in [3.63, 3.8) is 0 Å². The van der Waals surface area contributed by atoms with Crippen molar-refractivity contribution in [2.75, 3.05) is 44.1 Å². The topological polar surface area (TPSA) is 100 Å². The summed E-state index contributed by atoms with van der Waals surface area (Å²) < 4.78 is 10.6. The molecule has 2 aromatic rings. The highest BCUT2D eigenvalue weighted by atomic mass is 16.5. The van der Waals surface area contributed by atoms with E-state index in [0.717, 1.165) is 23.7 Å². The quantitative estimate of drug-likeness (QED) is 0.627. The molecule has 0 spiro atoms. The van der Waals surface area contributed by atoms with Crippen molar-refractivity contribution in [3.8, 4) is 11.5 Å². The zero-order chi connectivity index (χ0) is 23.6. The van der Waals surface area contributed by atoms with Gasteiger partial charge in [-0.1, -0.05) is 6.07 Å². The van der Waals surface area contributed by atoms with Gasteiger partial charge in [0.1, 0.15) is 12.1 Å². The Labute approximate surface area is 192 Å². The maximum Gasteiger partial charge on any atom is 0.325 e. The van der Waals surface area contributed by atoms with Crippen molar-refractivity contribution in [1.82, 2.24) is 10.2 Å². The third-order valence-corrected chi connectivity index (χ3v) is 6.16. The first kappa shape index (κ1) is 22.4. The molecule has 2 aliphatic rings. The molecule has 9 heteroatoms. The smallest absolute Gasteiger partial charge is 0.325 e. The lowest BCUT2D eigenvalue weighted by Crippen LogP contribution is -2.42. The molecule has 1 unspecified atom stereocenters. The molecule has 0 saturated carbocycles. The van der Waals surface area contributed by atoms with Gasteiger partial charge in [0.25, 0.3) is 5.91 Å². The Hall–Kier alpha value is -3.75. The average Bonchev–Trinajstić information content (AvgIpc) is 3.43. The summed E-state index contributed by atoms with van der Waals surface area (Å²) in [7, 11) is 3.01. The van der Waals surface area contributed by atoms with Crippen LogP contribution in [0.15, 0.2) is 42.5 Å². The van der Waals surface area contributed by atoms with Gasteiger partial charge in [-0.15, -0.1) is 0 Å². The van der Waals surface area contributed by atoms with E-state index in [9.17, 15) is 14.4 Å². The second-order valence-corrected chi connectivity index (χ2v) is 8.31. The lowest BCUT2D eigenvalue weighted by Gasteiger charge is -2.23. The number of hydrogen-bond donors (Lipinski definition) is 2. The van der Waals surface area contributed by atoms with Crippen LogP contribution in [-0.2, 0) is 15.1 Å². The van der Waals surface area contributed by atoms with Crippen LogP contribution >= 0.6 is 0 Å². The minimum Gasteiger partial charge on any atom is -0.493 e. The van der Waals surface area contributed by atoms with Crippen molar-refractivity contribution in [3.05, 3.63) is 48.0 Å². The molecule has 2 aromatic carbocycles. The summed E-state index contributed by atoms with van der Waals surface area (Å²) in [6.45, 7) is 3.29. The van der Waals surface area contributed by atoms with Crippen LogP contribution in [0.1, 0.15) is 25.3 Å². The van der Waals surface area contributed by atoms with Crippen molar-refractivity contribution in [2.45, 2.75) is 25.3 Å². The van der Waals surface area contributed by atoms with Crippen LogP contribution in [0.2, 0.25) is 0 Å². The number of rotatable bonds is 7. The van der Waals surface area contributed by atoms with Crippen molar-refractivity contribution in [1.29, 1.82) is 0 Å². The van der Waals surface area contributed by atoms with E-state index >= 15 is 0 Å². The van der Waals surface area contributed by atoms with Gasteiger partial charge in [0.15, 0.2) is 11.5 Å². The van der Waals surface area contributed by atoms with E-state index in [1.807, 2.05) is 24.3 Å². The normalized spacial score (nSPS) is 20.1. The van der Waals surface area contributed by atoms with Gasteiger partial charge in [-0.05, 0) is 61.7 Å². The zero-order valence-electron chi connectivity index (χ0n) is 19.0. The Morgan fingerprint density at radius 2 is 1.70 bits per heavy atom. The number of ether oxygens (including phenoxy) is 2. The first-order chi connectivity index (χ1) is 15.9. The predicted octanol–water partition coefficient (Wildman–Crippen LogP) is 2.71. The van der Waals surface area contributed by atoms with Crippen molar-refractivity contribution in [2.24, 2.45) is 0 Å². The fraction of sp³-hybridized carbons (Fsp3) is 0.375. The highest BCUT2D eigenvalue weighted by Gasteiger charge is 2.49. The van der Waals surface area contributed by atoms with Crippen LogP contribution in [0, 0.1) is 0 Å². The molecule has 2 heterocycles. The molecular weight excluding hydrogens is 424 g/mol. The lowest BCUT2D eigenvalue weighted by molar-refractivity contribution is -0.133. The van der Waals surface area contributed by atoms with Crippen LogP contribution < -0.4 is 25.0 Å². The molecule has 0 aliphatic carbocycles. The minimum atomic E-state index is -1.33. The molecule has 2 saturated heterocycles. The van der Waals surface area contributed by atoms with Gasteiger partial charge in [-0.2, -0.15) is 0 Å². The summed E-state index contributed by atoms with van der Waals surface area (Å²) >= 11 is 0. The third-order valence-electron chi connectivity index (χ3n) is 6.16. The predicted molar refractivity (Wildman–Crippen MR) is 124 cm³/mol. The molecule has 2 fully saturated rings. The average molecular weight is 453 g/mol. The van der Waals surface area contributed by atoms with E-state index in [-0.39, 0.29) is 6.54 Å². The number of amides is 4. The Kier molecular flexibility index (Phi) is 6.13. The second-order valence-electron chi connectivity index (χ2n) is 8.31. The number of nitrogens with one attached hydrogen (secondary N) is 2. The molecule has 2 aliphatic heterocycles. The molecule has 0 bridgehead atoms. The maximum absolute atomic E-state index is 13.2. The number of imide groups is 1. The van der Waals surface area contributed by atoms with E-state index in [1.165, 1.54) is 27.1 Å². The molecule has 174 valence electrons. The summed E-state index contributed by atoms with van der Waals surface area (Å²) in [5.41, 5.74) is 0.927. The SMILES string of the molecule is COc1ccc(C2(C)NC(=O)N(CC(=O)Nc3ccc(N4CCCC4)cc3)C2=O)cc1OC. The maximum atomic E-state index is 13.2. The lowest BCUT2D eigenvalue weighted by atomic mass is 9.91. The molecule has 0 aromatic heterocycles. The molecule has 33 heavy (non-hydrogen) atoms. The fourth-order valence-electron chi connectivity index (χ4n) is 4.26. The third kappa shape index (κ3) is 4.30. The largest absolute Gasteiger partial charge is 0.493 e. The van der Waals surface area contributed by atoms with Crippen LogP contribution in [0.25, 0.3) is 0 Å². The monoisotopic (exact) mass is 452 g/mol. The Morgan fingerprint density at radius 1 is 1.03 bits per heavy atom. The van der Waals surface area contributed by atoms with Gasteiger partial charge in [-0.25, -0.2) is 4.79 Å². The molecule has 0 radical (unpaired) electrons. The highest BCUT2D eigenvalue weighted by molar-refractivity contribution is 6.10. The number of carbonyl (C=O) groups is 3. The van der Waals surface area contributed by atoms with Gasteiger partial charge < -0.3 is 25.0 Å². The second kappa shape index (κ2) is 9.01. The fourth-order valence-corrected chi connectivity index (χ4v) is 4.26. The molecule has 4 rings (SSSR count). The number of hydrogen-bond acceptors (Lipinski definition) is 6.